The quantitative estimate of drug-likeness (QED) is 0.251. The first-order valence-electron chi connectivity index (χ1n) is 16.8. The van der Waals surface area contributed by atoms with Gasteiger partial charge in [-0.1, -0.05) is 81.3 Å². The van der Waals surface area contributed by atoms with Crippen LogP contribution in [0.2, 0.25) is 0 Å². The van der Waals surface area contributed by atoms with Gasteiger partial charge in [0.25, 0.3) is 0 Å². The van der Waals surface area contributed by atoms with E-state index in [0.29, 0.717) is 18.4 Å². The Balaban J connectivity index is 2.11. The fourth-order valence-electron chi connectivity index (χ4n) is 5.67. The highest BCUT2D eigenvalue weighted by molar-refractivity contribution is 5.94. The second-order valence-electron chi connectivity index (χ2n) is 15.1. The molecule has 3 amide bonds. The fraction of sp³-hybridized carbons (Fsp3) is 0.579. The summed E-state index contributed by atoms with van der Waals surface area (Å²) in [5, 5.41) is 5.83. The van der Waals surface area contributed by atoms with Crippen LogP contribution in [0.5, 0.6) is 0 Å². The number of nitrogens with one attached hydrogen (secondary N) is 2. The van der Waals surface area contributed by atoms with Gasteiger partial charge in [0.05, 0.1) is 0 Å². The molecule has 0 bridgehead atoms. The molecule has 2 aromatic carbocycles. The zero-order valence-corrected chi connectivity index (χ0v) is 30.1. The summed E-state index contributed by atoms with van der Waals surface area (Å²) in [6.45, 7) is 20.4. The van der Waals surface area contributed by atoms with E-state index in [0.717, 1.165) is 16.7 Å². The van der Waals surface area contributed by atoms with Gasteiger partial charge >= 0.3 is 12.1 Å². The van der Waals surface area contributed by atoms with Crippen molar-refractivity contribution in [2.24, 2.45) is 11.8 Å². The van der Waals surface area contributed by atoms with Crippen LogP contribution in [0.15, 0.2) is 48.5 Å². The van der Waals surface area contributed by atoms with Crippen molar-refractivity contribution in [3.8, 4) is 0 Å². The molecule has 0 radical (unpaired) electrons. The van der Waals surface area contributed by atoms with E-state index in [2.05, 4.69) is 10.6 Å². The molecule has 6 atom stereocenters. The van der Waals surface area contributed by atoms with Crippen LogP contribution in [0.3, 0.4) is 0 Å². The SMILES string of the molecule is CCC(C)C(NC(=O)OC(C)(C)C)C(=O)N(C(C(=O)NC(Cc1ccccc1)C(=O)OC(C)(C)C)c1ccc(C)cc1C)C1CC1C. The summed E-state index contributed by atoms with van der Waals surface area (Å²) in [5.41, 5.74) is 1.84. The number of alkyl carbamates (subject to hydrolysis) is 1. The van der Waals surface area contributed by atoms with Crippen molar-refractivity contribution in [2.75, 3.05) is 0 Å². The predicted octanol–water partition coefficient (Wildman–Crippen LogP) is 6.59. The van der Waals surface area contributed by atoms with Crippen molar-refractivity contribution in [3.63, 3.8) is 0 Å². The van der Waals surface area contributed by atoms with E-state index in [1.807, 2.05) is 83.1 Å². The molecule has 0 saturated heterocycles. The van der Waals surface area contributed by atoms with E-state index in [-0.39, 0.29) is 30.2 Å². The van der Waals surface area contributed by atoms with Gasteiger partial charge in [0.1, 0.15) is 29.3 Å². The topological polar surface area (TPSA) is 114 Å². The normalized spacial score (nSPS) is 18.6. The minimum Gasteiger partial charge on any atom is -0.458 e. The number of rotatable bonds is 12. The molecule has 258 valence electrons. The Morgan fingerprint density at radius 1 is 0.915 bits per heavy atom. The third kappa shape index (κ3) is 10.8. The summed E-state index contributed by atoms with van der Waals surface area (Å²) >= 11 is 0. The number of aryl methyl sites for hydroxylation is 2. The first kappa shape index (κ1) is 37.6. The molecular formula is C38H55N3O6. The van der Waals surface area contributed by atoms with E-state index in [9.17, 15) is 19.2 Å². The van der Waals surface area contributed by atoms with Crippen molar-refractivity contribution in [2.45, 2.75) is 131 Å². The zero-order chi connectivity index (χ0) is 35.3. The maximum absolute atomic E-state index is 14.8. The molecule has 0 aliphatic heterocycles. The highest BCUT2D eigenvalue weighted by Gasteiger charge is 2.49. The number of hydrogen-bond acceptors (Lipinski definition) is 6. The summed E-state index contributed by atoms with van der Waals surface area (Å²) in [7, 11) is 0. The molecule has 1 fully saturated rings. The molecule has 1 aliphatic rings. The smallest absolute Gasteiger partial charge is 0.408 e. The van der Waals surface area contributed by atoms with Gasteiger partial charge in [-0.25, -0.2) is 9.59 Å². The van der Waals surface area contributed by atoms with Gasteiger partial charge in [-0.3, -0.25) is 9.59 Å². The van der Waals surface area contributed by atoms with E-state index in [1.165, 1.54) is 0 Å². The maximum Gasteiger partial charge on any atom is 0.408 e. The third-order valence-corrected chi connectivity index (χ3v) is 8.37. The van der Waals surface area contributed by atoms with Crippen molar-refractivity contribution in [3.05, 3.63) is 70.8 Å². The lowest BCUT2D eigenvalue weighted by Gasteiger charge is -2.37. The monoisotopic (exact) mass is 649 g/mol. The van der Waals surface area contributed by atoms with E-state index < -0.39 is 47.3 Å². The Hall–Kier alpha value is -3.88. The van der Waals surface area contributed by atoms with E-state index in [4.69, 9.17) is 9.47 Å². The Bertz CT molecular complexity index is 1410. The van der Waals surface area contributed by atoms with Gasteiger partial charge in [0.15, 0.2) is 0 Å². The highest BCUT2D eigenvalue weighted by atomic mass is 16.6. The van der Waals surface area contributed by atoms with Gasteiger partial charge < -0.3 is 25.0 Å². The zero-order valence-electron chi connectivity index (χ0n) is 30.1. The molecule has 6 unspecified atom stereocenters. The summed E-state index contributed by atoms with van der Waals surface area (Å²) in [6.07, 6.45) is 0.836. The minimum atomic E-state index is -1.06. The average Bonchev–Trinajstić information content (AvgIpc) is 3.68. The Morgan fingerprint density at radius 2 is 1.51 bits per heavy atom. The van der Waals surface area contributed by atoms with Crippen LogP contribution in [-0.4, -0.2) is 58.1 Å². The van der Waals surface area contributed by atoms with Gasteiger partial charge in [0.2, 0.25) is 11.8 Å². The molecular weight excluding hydrogens is 594 g/mol. The summed E-state index contributed by atoms with van der Waals surface area (Å²) in [6, 6.07) is 12.0. The number of ether oxygens (including phenoxy) is 2. The summed E-state index contributed by atoms with van der Waals surface area (Å²) in [5.74, 6) is -1.52. The molecule has 0 spiro atoms. The van der Waals surface area contributed by atoms with Crippen molar-refractivity contribution >= 4 is 23.9 Å². The number of amides is 3. The highest BCUT2D eigenvalue weighted by Crippen LogP contribution is 2.42. The van der Waals surface area contributed by atoms with Crippen molar-refractivity contribution in [1.82, 2.24) is 15.5 Å². The predicted molar refractivity (Wildman–Crippen MR) is 184 cm³/mol. The molecule has 3 rings (SSSR count). The van der Waals surface area contributed by atoms with Gasteiger partial charge in [-0.05, 0) is 90.3 Å². The lowest BCUT2D eigenvalue weighted by atomic mass is 9.93. The van der Waals surface area contributed by atoms with Crippen LogP contribution in [-0.2, 0) is 30.3 Å². The first-order valence-corrected chi connectivity index (χ1v) is 16.8. The standard InChI is InChI=1S/C38H55N3O6/c1-12-24(3)31(40-36(45)47-38(9,10)11)34(43)41(30-21-26(30)5)32(28-19-18-23(2)20-25(28)4)33(42)39-29(35(44)46-37(6,7)8)22-27-16-14-13-15-17-27/h13-20,24,26,29-32H,12,21-22H2,1-11H3,(H,39,42)(H,40,45). The van der Waals surface area contributed by atoms with Crippen molar-refractivity contribution < 1.29 is 28.7 Å². The molecule has 2 N–H and O–H groups in total. The lowest BCUT2D eigenvalue weighted by Crippen LogP contribution is -2.57. The van der Waals surface area contributed by atoms with Gasteiger partial charge in [-0.15, -0.1) is 0 Å². The number of hydrogen-bond donors (Lipinski definition) is 2. The molecule has 1 saturated carbocycles. The molecule has 0 aromatic heterocycles. The summed E-state index contributed by atoms with van der Waals surface area (Å²) in [4.78, 5) is 57.6. The van der Waals surface area contributed by atoms with E-state index in [1.54, 1.807) is 46.4 Å². The van der Waals surface area contributed by atoms with Crippen LogP contribution in [0.1, 0.15) is 103 Å². The number of benzene rings is 2. The van der Waals surface area contributed by atoms with Crippen LogP contribution in [0.4, 0.5) is 4.79 Å². The maximum atomic E-state index is 14.8. The van der Waals surface area contributed by atoms with Crippen LogP contribution >= 0.6 is 0 Å². The Kier molecular flexibility index (Phi) is 12.3. The molecule has 2 aromatic rings. The molecule has 0 heterocycles. The lowest BCUT2D eigenvalue weighted by molar-refractivity contribution is -0.159. The average molecular weight is 650 g/mol. The third-order valence-electron chi connectivity index (χ3n) is 8.37. The van der Waals surface area contributed by atoms with Crippen LogP contribution in [0.25, 0.3) is 0 Å². The number of carbonyl (C=O) groups is 4. The molecule has 47 heavy (non-hydrogen) atoms. The number of nitrogens with zero attached hydrogens (tertiary/aromatic N) is 1. The van der Waals surface area contributed by atoms with Crippen molar-refractivity contribution in [1.29, 1.82) is 0 Å². The van der Waals surface area contributed by atoms with Crippen LogP contribution in [0, 0.1) is 25.7 Å². The number of carbonyl (C=O) groups excluding carboxylic acids is 4. The summed E-state index contributed by atoms with van der Waals surface area (Å²) < 4.78 is 11.3. The minimum absolute atomic E-state index is 0.144. The second-order valence-corrected chi connectivity index (χ2v) is 15.1. The molecule has 1 aliphatic carbocycles. The van der Waals surface area contributed by atoms with Gasteiger partial charge in [-0.2, -0.15) is 0 Å². The van der Waals surface area contributed by atoms with Gasteiger partial charge in [0, 0.05) is 12.5 Å². The number of esters is 1. The fourth-order valence-corrected chi connectivity index (χ4v) is 5.67. The molecule has 9 nitrogen and oxygen atoms in total. The Labute approximate surface area is 281 Å². The Morgan fingerprint density at radius 3 is 2.02 bits per heavy atom. The second kappa shape index (κ2) is 15.3. The first-order chi connectivity index (χ1) is 21.8. The molecule has 9 heteroatoms. The largest absolute Gasteiger partial charge is 0.458 e. The van der Waals surface area contributed by atoms with E-state index >= 15 is 0 Å². The van der Waals surface area contributed by atoms with Crippen LogP contribution < -0.4 is 10.6 Å².